The van der Waals surface area contributed by atoms with Crippen LogP contribution in [0.3, 0.4) is 0 Å². The topological polar surface area (TPSA) is 36.9 Å². The van der Waals surface area contributed by atoms with Gasteiger partial charge >= 0.3 is 6.61 Å². The third kappa shape index (κ3) is 5.29. The SMILES string of the molecule is C=C1NC(=Nc2cc(OC(F)F)c(C)cc2C)N(Cc2ccc(F)c(C)c2)C=C1CC. The molecular formula is C24H26F3N3O. The van der Waals surface area contributed by atoms with E-state index in [9.17, 15) is 13.2 Å². The maximum absolute atomic E-state index is 13.7. The highest BCUT2D eigenvalue weighted by Gasteiger charge is 2.20. The predicted molar refractivity (Wildman–Crippen MR) is 117 cm³/mol. The fourth-order valence-corrected chi connectivity index (χ4v) is 3.41. The van der Waals surface area contributed by atoms with Gasteiger partial charge in [-0.2, -0.15) is 8.78 Å². The van der Waals surface area contributed by atoms with E-state index in [0.717, 1.165) is 28.8 Å². The standard InChI is InChI=1S/C24H26F3N3O/c1-6-19-13-30(12-18-7-8-20(25)14(2)10-18)24(28-17(19)5)29-21-11-22(31-23(26)27)16(4)9-15(21)3/h7-11,13,23H,5-6,12H2,1-4H3,(H,28,29). The normalized spacial score (nSPS) is 15.4. The second-order valence-electron chi connectivity index (χ2n) is 7.54. The second-order valence-corrected chi connectivity index (χ2v) is 7.54. The number of guanidine groups is 1. The van der Waals surface area contributed by atoms with E-state index < -0.39 is 6.61 Å². The first kappa shape index (κ1) is 22.5. The number of nitrogens with zero attached hydrogens (tertiary/aromatic N) is 2. The molecule has 0 amide bonds. The first-order chi connectivity index (χ1) is 14.7. The van der Waals surface area contributed by atoms with Crippen molar-refractivity contribution >= 4 is 11.6 Å². The molecule has 0 atom stereocenters. The summed E-state index contributed by atoms with van der Waals surface area (Å²) < 4.78 is 43.8. The number of hydrogen-bond acceptors (Lipinski definition) is 2. The van der Waals surface area contributed by atoms with Crippen LogP contribution in [0.5, 0.6) is 5.75 Å². The van der Waals surface area contributed by atoms with Crippen molar-refractivity contribution < 1.29 is 17.9 Å². The molecule has 2 aromatic rings. The molecule has 1 aliphatic heterocycles. The largest absolute Gasteiger partial charge is 0.434 e. The second kappa shape index (κ2) is 9.29. The van der Waals surface area contributed by atoms with Gasteiger partial charge in [0, 0.05) is 18.0 Å². The van der Waals surface area contributed by atoms with E-state index in [1.807, 2.05) is 24.9 Å². The molecule has 0 saturated carbocycles. The zero-order chi connectivity index (χ0) is 22.7. The summed E-state index contributed by atoms with van der Waals surface area (Å²) in [6.07, 6.45) is 2.73. The third-order valence-electron chi connectivity index (χ3n) is 5.13. The van der Waals surface area contributed by atoms with E-state index in [0.29, 0.717) is 29.3 Å². The minimum Gasteiger partial charge on any atom is -0.434 e. The van der Waals surface area contributed by atoms with Crippen molar-refractivity contribution in [2.24, 2.45) is 4.99 Å². The Labute approximate surface area is 180 Å². The van der Waals surface area contributed by atoms with Crippen LogP contribution in [-0.2, 0) is 6.54 Å². The molecule has 7 heteroatoms. The molecule has 4 nitrogen and oxygen atoms in total. The lowest BCUT2D eigenvalue weighted by atomic mass is 10.1. The molecule has 0 saturated heterocycles. The van der Waals surface area contributed by atoms with Crippen LogP contribution in [0.25, 0.3) is 0 Å². The van der Waals surface area contributed by atoms with Gasteiger partial charge in [0.15, 0.2) is 0 Å². The molecule has 0 spiro atoms. The summed E-state index contributed by atoms with van der Waals surface area (Å²) in [6, 6.07) is 8.24. The summed E-state index contributed by atoms with van der Waals surface area (Å²) in [5.74, 6) is 0.327. The highest BCUT2D eigenvalue weighted by molar-refractivity contribution is 5.88. The molecule has 3 rings (SSSR count). The smallest absolute Gasteiger partial charge is 0.387 e. The van der Waals surface area contributed by atoms with Gasteiger partial charge in [0.05, 0.1) is 12.2 Å². The Bertz CT molecular complexity index is 1060. The maximum atomic E-state index is 13.7. The van der Waals surface area contributed by atoms with Gasteiger partial charge in [-0.05, 0) is 61.1 Å². The highest BCUT2D eigenvalue weighted by Crippen LogP contribution is 2.31. The summed E-state index contributed by atoms with van der Waals surface area (Å²) in [5.41, 5.74) is 5.14. The minimum absolute atomic E-state index is 0.0834. The number of allylic oxidation sites excluding steroid dienone is 1. The number of aryl methyl sites for hydroxylation is 3. The van der Waals surface area contributed by atoms with E-state index in [4.69, 9.17) is 4.99 Å². The Hall–Kier alpha value is -3.22. The molecule has 0 aliphatic carbocycles. The molecule has 0 fully saturated rings. The molecule has 1 heterocycles. The lowest BCUT2D eigenvalue weighted by molar-refractivity contribution is -0.0502. The van der Waals surface area contributed by atoms with E-state index in [2.05, 4.69) is 16.6 Å². The number of benzene rings is 2. The third-order valence-corrected chi connectivity index (χ3v) is 5.13. The summed E-state index contributed by atoms with van der Waals surface area (Å²) in [7, 11) is 0. The van der Waals surface area contributed by atoms with Crippen molar-refractivity contribution in [1.29, 1.82) is 0 Å². The Morgan fingerprint density at radius 3 is 2.48 bits per heavy atom. The van der Waals surface area contributed by atoms with Gasteiger partial charge in [-0.3, -0.25) is 0 Å². The minimum atomic E-state index is -2.91. The van der Waals surface area contributed by atoms with Gasteiger partial charge in [0.25, 0.3) is 0 Å². The van der Waals surface area contributed by atoms with Gasteiger partial charge in [0.1, 0.15) is 11.6 Å². The Balaban J connectivity index is 2.02. The fourth-order valence-electron chi connectivity index (χ4n) is 3.41. The van der Waals surface area contributed by atoms with Crippen LogP contribution >= 0.6 is 0 Å². The van der Waals surface area contributed by atoms with Gasteiger partial charge in [0.2, 0.25) is 5.96 Å². The van der Waals surface area contributed by atoms with Crippen molar-refractivity contribution in [2.75, 3.05) is 0 Å². The summed E-state index contributed by atoms with van der Waals surface area (Å²) in [5, 5.41) is 3.21. The molecule has 1 aliphatic rings. The lowest BCUT2D eigenvalue weighted by Crippen LogP contribution is -2.41. The Morgan fingerprint density at radius 1 is 1.10 bits per heavy atom. The first-order valence-corrected chi connectivity index (χ1v) is 10.0. The van der Waals surface area contributed by atoms with Crippen molar-refractivity contribution in [3.63, 3.8) is 0 Å². The number of rotatable bonds is 6. The average molecular weight is 429 g/mol. The van der Waals surface area contributed by atoms with Crippen LogP contribution in [0.1, 0.15) is 35.6 Å². The molecule has 0 radical (unpaired) electrons. The molecule has 0 aromatic heterocycles. The van der Waals surface area contributed by atoms with Crippen LogP contribution in [0.15, 0.2) is 59.4 Å². The van der Waals surface area contributed by atoms with Gasteiger partial charge in [-0.25, -0.2) is 9.38 Å². The van der Waals surface area contributed by atoms with Crippen molar-refractivity contribution in [3.8, 4) is 5.75 Å². The molecule has 0 unspecified atom stereocenters. The van der Waals surface area contributed by atoms with Crippen LogP contribution in [-0.4, -0.2) is 17.5 Å². The highest BCUT2D eigenvalue weighted by atomic mass is 19.3. The average Bonchev–Trinajstić information content (AvgIpc) is 2.70. The van der Waals surface area contributed by atoms with Gasteiger partial charge in [-0.15, -0.1) is 0 Å². The Kier molecular flexibility index (Phi) is 6.73. The zero-order valence-electron chi connectivity index (χ0n) is 18.1. The first-order valence-electron chi connectivity index (χ1n) is 10.0. The van der Waals surface area contributed by atoms with E-state index in [1.165, 1.54) is 12.1 Å². The number of nitrogens with one attached hydrogen (secondary N) is 1. The van der Waals surface area contributed by atoms with E-state index >= 15 is 0 Å². The van der Waals surface area contributed by atoms with Crippen LogP contribution in [0, 0.1) is 26.6 Å². The zero-order valence-corrected chi connectivity index (χ0v) is 18.1. The van der Waals surface area contributed by atoms with Gasteiger partial charge in [-0.1, -0.05) is 31.7 Å². The monoisotopic (exact) mass is 429 g/mol. The van der Waals surface area contributed by atoms with E-state index in [-0.39, 0.29) is 11.6 Å². The summed E-state index contributed by atoms with van der Waals surface area (Å²) in [6.45, 7) is 8.91. The number of alkyl halides is 2. The van der Waals surface area contributed by atoms with Gasteiger partial charge < -0.3 is 15.0 Å². The number of halogens is 3. The molecule has 31 heavy (non-hydrogen) atoms. The van der Waals surface area contributed by atoms with Crippen LogP contribution < -0.4 is 10.1 Å². The quantitative estimate of drug-likeness (QED) is 0.589. The number of ether oxygens (including phenoxy) is 1. The fraction of sp³-hybridized carbons (Fsp3) is 0.292. The van der Waals surface area contributed by atoms with Crippen molar-refractivity contribution in [1.82, 2.24) is 10.2 Å². The van der Waals surface area contributed by atoms with Crippen LogP contribution in [0.2, 0.25) is 0 Å². The van der Waals surface area contributed by atoms with Crippen molar-refractivity contribution in [2.45, 2.75) is 47.3 Å². The maximum Gasteiger partial charge on any atom is 0.387 e. The molecular weight excluding hydrogens is 403 g/mol. The molecule has 2 aromatic carbocycles. The molecule has 0 bridgehead atoms. The molecule has 1 N–H and O–H groups in total. The number of hydrogen-bond donors (Lipinski definition) is 1. The van der Waals surface area contributed by atoms with E-state index in [1.54, 1.807) is 32.0 Å². The molecule has 164 valence electrons. The summed E-state index contributed by atoms with van der Waals surface area (Å²) in [4.78, 5) is 6.60. The predicted octanol–water partition coefficient (Wildman–Crippen LogP) is 6.25. The Morgan fingerprint density at radius 2 is 1.84 bits per heavy atom. The van der Waals surface area contributed by atoms with Crippen LogP contribution in [0.4, 0.5) is 18.9 Å². The number of aliphatic imine (C=N–C) groups is 1. The van der Waals surface area contributed by atoms with Crippen molar-refractivity contribution in [3.05, 3.63) is 82.5 Å². The summed E-state index contributed by atoms with van der Waals surface area (Å²) >= 11 is 0. The lowest BCUT2D eigenvalue weighted by Gasteiger charge is -2.31.